The first-order chi connectivity index (χ1) is 14.4. The molecule has 0 aromatic heterocycles. The summed E-state index contributed by atoms with van der Waals surface area (Å²) in [5, 5.41) is 0.779. The number of methoxy groups -OCH3 is 3. The average Bonchev–Trinajstić information content (AvgIpc) is 2.66. The monoisotopic (exact) mass is 456 g/mol. The van der Waals surface area contributed by atoms with E-state index in [9.17, 15) is 4.79 Å². The van der Waals surface area contributed by atoms with Crippen LogP contribution in [0.5, 0.6) is 28.7 Å². The van der Waals surface area contributed by atoms with Gasteiger partial charge >= 0.3 is 18.9 Å². The molecular weight excluding hydrogens is 422 g/mol. The SMILES string of the molecule is COc1cc(OC)c(C(=O)Pc2ccc(OC(C)(C)C)cc2OC(C)(C)C)c(OC)c1.[LiH]. The number of hydrogen-bond acceptors (Lipinski definition) is 6. The molecule has 6 nitrogen and oxygen atoms in total. The van der Waals surface area contributed by atoms with Gasteiger partial charge in [-0.25, -0.2) is 0 Å². The Morgan fingerprint density at radius 2 is 1.22 bits per heavy atom. The average molecular weight is 456 g/mol. The van der Waals surface area contributed by atoms with E-state index in [1.165, 1.54) is 14.2 Å². The van der Waals surface area contributed by atoms with Crippen molar-refractivity contribution in [2.24, 2.45) is 0 Å². The predicted octanol–water partition coefficient (Wildman–Crippen LogP) is 4.56. The Morgan fingerprint density at radius 3 is 1.66 bits per heavy atom. The van der Waals surface area contributed by atoms with E-state index in [-0.39, 0.29) is 38.6 Å². The molecule has 0 heterocycles. The third kappa shape index (κ3) is 7.92. The Balaban J connectivity index is 0.00000512. The second-order valence-electron chi connectivity index (χ2n) is 8.95. The van der Waals surface area contributed by atoms with Gasteiger partial charge in [0.2, 0.25) is 0 Å². The van der Waals surface area contributed by atoms with Crippen molar-refractivity contribution in [3.63, 3.8) is 0 Å². The first-order valence-corrected chi connectivity index (χ1v) is 11.0. The fourth-order valence-electron chi connectivity index (χ4n) is 2.85. The van der Waals surface area contributed by atoms with Gasteiger partial charge in [0.15, 0.2) is 5.52 Å². The van der Waals surface area contributed by atoms with Crippen molar-refractivity contribution in [1.82, 2.24) is 0 Å². The normalized spacial score (nSPS) is 11.7. The van der Waals surface area contributed by atoms with Crippen LogP contribution >= 0.6 is 8.58 Å². The zero-order valence-corrected chi connectivity index (χ0v) is 20.8. The summed E-state index contributed by atoms with van der Waals surface area (Å²) in [7, 11) is 4.38. The van der Waals surface area contributed by atoms with Crippen molar-refractivity contribution in [3.05, 3.63) is 35.9 Å². The summed E-state index contributed by atoms with van der Waals surface area (Å²) >= 11 is 0. The van der Waals surface area contributed by atoms with E-state index in [0.29, 0.717) is 34.3 Å². The van der Waals surface area contributed by atoms with Crippen molar-refractivity contribution in [2.45, 2.75) is 52.7 Å². The molecule has 2 rings (SSSR count). The number of carbonyl (C=O) groups excluding carboxylic acids is 1. The van der Waals surface area contributed by atoms with Crippen LogP contribution in [0.3, 0.4) is 0 Å². The van der Waals surface area contributed by atoms with E-state index < -0.39 is 5.60 Å². The summed E-state index contributed by atoms with van der Waals surface area (Å²) in [4.78, 5) is 13.3. The second kappa shape index (κ2) is 11.3. The van der Waals surface area contributed by atoms with Crippen molar-refractivity contribution >= 4 is 38.3 Å². The maximum atomic E-state index is 13.3. The topological polar surface area (TPSA) is 63.2 Å². The third-order valence-corrected chi connectivity index (χ3v) is 5.14. The van der Waals surface area contributed by atoms with Gasteiger partial charge in [0, 0.05) is 23.5 Å². The third-order valence-electron chi connectivity index (χ3n) is 3.98. The molecule has 0 N–H and O–H groups in total. The van der Waals surface area contributed by atoms with Crippen LogP contribution in [-0.4, -0.2) is 56.9 Å². The maximum absolute atomic E-state index is 13.3. The number of hydrogen-bond donors (Lipinski definition) is 0. The quantitative estimate of drug-likeness (QED) is 0.429. The van der Waals surface area contributed by atoms with Crippen LogP contribution < -0.4 is 29.0 Å². The number of benzene rings is 2. The van der Waals surface area contributed by atoms with Crippen LogP contribution in [0, 0.1) is 0 Å². The molecule has 0 saturated heterocycles. The van der Waals surface area contributed by atoms with Gasteiger partial charge in [-0.3, -0.25) is 4.79 Å². The molecule has 0 amide bonds. The molecule has 0 saturated carbocycles. The molecule has 1 unspecified atom stereocenters. The Bertz CT molecular complexity index is 906. The van der Waals surface area contributed by atoms with E-state index in [2.05, 4.69) is 0 Å². The first-order valence-electron chi connectivity index (χ1n) is 10.0. The van der Waals surface area contributed by atoms with Crippen molar-refractivity contribution in [2.75, 3.05) is 21.3 Å². The van der Waals surface area contributed by atoms with Gasteiger partial charge < -0.3 is 23.7 Å². The molecule has 0 aliphatic heterocycles. The Labute approximate surface area is 205 Å². The Kier molecular flexibility index (Phi) is 9.97. The minimum absolute atomic E-state index is 0. The molecule has 0 spiro atoms. The van der Waals surface area contributed by atoms with Gasteiger partial charge in [0.05, 0.1) is 21.3 Å². The van der Waals surface area contributed by atoms with Crippen LogP contribution in [0.1, 0.15) is 51.9 Å². The summed E-state index contributed by atoms with van der Waals surface area (Å²) in [6, 6.07) is 8.93. The summed E-state index contributed by atoms with van der Waals surface area (Å²) in [6.07, 6.45) is 0. The van der Waals surface area contributed by atoms with Gasteiger partial charge in [0.1, 0.15) is 45.5 Å². The molecule has 0 aliphatic carbocycles. The van der Waals surface area contributed by atoms with Crippen LogP contribution in [0.4, 0.5) is 0 Å². The Hall–Kier alpha value is -1.86. The molecule has 0 bridgehead atoms. The molecule has 0 aliphatic rings. The number of rotatable bonds is 8. The van der Waals surface area contributed by atoms with E-state index in [4.69, 9.17) is 23.7 Å². The molecule has 172 valence electrons. The molecule has 8 heteroatoms. The van der Waals surface area contributed by atoms with Gasteiger partial charge in [-0.2, -0.15) is 0 Å². The second-order valence-corrected chi connectivity index (χ2v) is 10.2. The summed E-state index contributed by atoms with van der Waals surface area (Å²) in [5.74, 6) is 2.66. The minimum atomic E-state index is -0.432. The number of ether oxygens (including phenoxy) is 5. The number of carbonyl (C=O) groups is 1. The van der Waals surface area contributed by atoms with Crippen molar-refractivity contribution < 1.29 is 28.5 Å². The van der Waals surface area contributed by atoms with Gasteiger partial charge in [-0.1, -0.05) is 0 Å². The van der Waals surface area contributed by atoms with E-state index in [1.54, 1.807) is 19.2 Å². The zero-order chi connectivity index (χ0) is 23.4. The summed E-state index contributed by atoms with van der Waals surface area (Å²) < 4.78 is 28.3. The Morgan fingerprint density at radius 1 is 0.719 bits per heavy atom. The van der Waals surface area contributed by atoms with Crippen molar-refractivity contribution in [1.29, 1.82) is 0 Å². The standard InChI is InChI=1S/C24H33O6P.Li.H/c1-23(2,3)29-15-10-11-20(17(12-15)30-24(4,5)6)31-22(25)21-18(27-8)13-16(26-7)14-19(21)28-9;;/h10-14,31H,1-9H3;;. The molecule has 2 aromatic rings. The fraction of sp³-hybridized carbons (Fsp3) is 0.458. The summed E-state index contributed by atoms with van der Waals surface area (Å²) in [6.45, 7) is 11.9. The van der Waals surface area contributed by atoms with Crippen LogP contribution in [-0.2, 0) is 0 Å². The molecule has 1 atom stereocenters. The molecule has 0 fully saturated rings. The molecule has 32 heavy (non-hydrogen) atoms. The molecular formula is C24H34LiO6P. The molecule has 2 aromatic carbocycles. The van der Waals surface area contributed by atoms with Crippen LogP contribution in [0.15, 0.2) is 30.3 Å². The summed E-state index contributed by atoms with van der Waals surface area (Å²) in [5.41, 5.74) is -0.527. The molecule has 0 radical (unpaired) electrons. The van der Waals surface area contributed by atoms with E-state index >= 15 is 0 Å². The van der Waals surface area contributed by atoms with E-state index in [0.717, 1.165) is 5.30 Å². The van der Waals surface area contributed by atoms with Gasteiger partial charge in [-0.15, -0.1) is 0 Å². The first kappa shape index (κ1) is 28.2. The zero-order valence-electron chi connectivity index (χ0n) is 19.8. The predicted molar refractivity (Wildman–Crippen MR) is 133 cm³/mol. The van der Waals surface area contributed by atoms with E-state index in [1.807, 2.05) is 59.7 Å². The van der Waals surface area contributed by atoms with Crippen LogP contribution in [0.25, 0.3) is 0 Å². The van der Waals surface area contributed by atoms with Gasteiger partial charge in [-0.05, 0) is 62.3 Å². The fourth-order valence-corrected chi connectivity index (χ4v) is 3.88. The van der Waals surface area contributed by atoms with Crippen molar-refractivity contribution in [3.8, 4) is 28.7 Å². The van der Waals surface area contributed by atoms with Gasteiger partial charge in [0.25, 0.3) is 0 Å². The van der Waals surface area contributed by atoms with Crippen LogP contribution in [0.2, 0.25) is 0 Å².